The zero-order valence-corrected chi connectivity index (χ0v) is 18.8. The van der Waals surface area contributed by atoms with Gasteiger partial charge in [0.1, 0.15) is 11.6 Å². The Kier molecular flexibility index (Phi) is 6.08. The minimum atomic E-state index is -0.0782. The normalized spacial score (nSPS) is 15.6. The molecular weight excluding hydrogens is 414 g/mol. The summed E-state index contributed by atoms with van der Waals surface area (Å²) in [4.78, 5) is 12.5. The number of rotatable bonds is 6. The first-order valence-electron chi connectivity index (χ1n) is 10.0. The summed E-state index contributed by atoms with van der Waals surface area (Å²) >= 11 is 1.57. The van der Waals surface area contributed by atoms with Gasteiger partial charge in [0, 0.05) is 5.56 Å². The highest BCUT2D eigenvalue weighted by Gasteiger charge is 2.31. The van der Waals surface area contributed by atoms with Crippen molar-refractivity contribution in [3.63, 3.8) is 0 Å². The Morgan fingerprint density at radius 3 is 2.58 bits per heavy atom. The highest BCUT2D eigenvalue weighted by atomic mass is 32.2. The number of aromatic nitrogens is 2. The van der Waals surface area contributed by atoms with Crippen molar-refractivity contribution in [2.75, 3.05) is 31.9 Å². The zero-order valence-electron chi connectivity index (χ0n) is 18.0. The Bertz CT molecular complexity index is 1090. The molecule has 0 spiro atoms. The minimum absolute atomic E-state index is 0.0543. The van der Waals surface area contributed by atoms with E-state index in [-0.39, 0.29) is 11.2 Å². The fraction of sp³-hybridized carbons (Fsp3) is 0.304. The van der Waals surface area contributed by atoms with E-state index in [0.717, 1.165) is 28.3 Å². The molecule has 4 rings (SSSR count). The summed E-state index contributed by atoms with van der Waals surface area (Å²) in [5, 5.41) is 7.73. The number of anilines is 1. The van der Waals surface area contributed by atoms with Crippen molar-refractivity contribution in [1.82, 2.24) is 9.78 Å². The van der Waals surface area contributed by atoms with Gasteiger partial charge >= 0.3 is 0 Å². The number of hydrogen-bond donors (Lipinski definition) is 1. The fourth-order valence-corrected chi connectivity index (χ4v) is 4.86. The van der Waals surface area contributed by atoms with Gasteiger partial charge in [0.15, 0.2) is 11.5 Å². The molecule has 0 aliphatic carbocycles. The van der Waals surface area contributed by atoms with Crippen molar-refractivity contribution in [3.05, 3.63) is 59.3 Å². The first-order valence-corrected chi connectivity index (χ1v) is 11.1. The lowest BCUT2D eigenvalue weighted by Gasteiger charge is -2.18. The number of ether oxygens (including phenoxy) is 3. The van der Waals surface area contributed by atoms with Crippen molar-refractivity contribution in [3.8, 4) is 22.9 Å². The van der Waals surface area contributed by atoms with E-state index in [2.05, 4.69) is 5.32 Å². The number of fused-ring (bicyclic) bond motifs is 1. The quantitative estimate of drug-likeness (QED) is 0.615. The summed E-state index contributed by atoms with van der Waals surface area (Å²) in [7, 11) is 3.26. The summed E-state index contributed by atoms with van der Waals surface area (Å²) in [5.74, 6) is 3.11. The van der Waals surface area contributed by atoms with Crippen LogP contribution in [0.15, 0.2) is 42.5 Å². The highest BCUT2D eigenvalue weighted by Crippen LogP contribution is 2.45. The number of carbonyl (C=O) groups is 1. The Balaban J connectivity index is 1.81. The van der Waals surface area contributed by atoms with Crippen molar-refractivity contribution < 1.29 is 19.0 Å². The molecule has 0 saturated heterocycles. The molecule has 3 aromatic rings. The Hall–Kier alpha value is -3.13. The van der Waals surface area contributed by atoms with Crippen LogP contribution in [0, 0.1) is 6.92 Å². The molecule has 0 radical (unpaired) electrons. The molecule has 1 atom stereocenters. The lowest BCUT2D eigenvalue weighted by Crippen LogP contribution is -2.15. The number of thioether (sulfide) groups is 1. The second-order valence-corrected chi connectivity index (χ2v) is 8.13. The lowest BCUT2D eigenvalue weighted by molar-refractivity contribution is -0.113. The van der Waals surface area contributed by atoms with E-state index < -0.39 is 0 Å². The predicted molar refractivity (Wildman–Crippen MR) is 122 cm³/mol. The summed E-state index contributed by atoms with van der Waals surface area (Å²) in [6.45, 7) is 4.47. The summed E-state index contributed by atoms with van der Waals surface area (Å²) < 4.78 is 18.3. The molecule has 8 heteroatoms. The first kappa shape index (κ1) is 21.1. The van der Waals surface area contributed by atoms with Crippen LogP contribution in [-0.2, 0) is 4.79 Å². The first-order chi connectivity index (χ1) is 15.0. The van der Waals surface area contributed by atoms with Crippen molar-refractivity contribution >= 4 is 23.5 Å². The molecular formula is C23H25N3O4S. The molecule has 0 bridgehead atoms. The third-order valence-electron chi connectivity index (χ3n) is 5.12. The Morgan fingerprint density at radius 1 is 1.13 bits per heavy atom. The van der Waals surface area contributed by atoms with Crippen LogP contribution >= 0.6 is 11.8 Å². The topological polar surface area (TPSA) is 74.6 Å². The number of nitrogens with one attached hydrogen (secondary N) is 1. The highest BCUT2D eigenvalue weighted by molar-refractivity contribution is 8.00. The number of amides is 1. The Morgan fingerprint density at radius 2 is 1.90 bits per heavy atom. The smallest absolute Gasteiger partial charge is 0.235 e. The van der Waals surface area contributed by atoms with Gasteiger partial charge in [0.25, 0.3) is 0 Å². The van der Waals surface area contributed by atoms with Gasteiger partial charge in [-0.15, -0.1) is 11.8 Å². The number of carbonyl (C=O) groups excluding carboxylic acids is 1. The van der Waals surface area contributed by atoms with Crippen LogP contribution in [0.3, 0.4) is 0 Å². The predicted octanol–water partition coefficient (Wildman–Crippen LogP) is 4.37. The van der Waals surface area contributed by atoms with Gasteiger partial charge in [0.2, 0.25) is 5.91 Å². The molecule has 2 aromatic carbocycles. The van der Waals surface area contributed by atoms with Gasteiger partial charge < -0.3 is 19.5 Å². The average molecular weight is 440 g/mol. The molecule has 0 fully saturated rings. The average Bonchev–Trinajstić information content (AvgIpc) is 2.99. The second kappa shape index (κ2) is 8.93. The third-order valence-corrected chi connectivity index (χ3v) is 6.39. The third kappa shape index (κ3) is 4.07. The van der Waals surface area contributed by atoms with E-state index >= 15 is 0 Å². The standard InChI is InChI=1S/C23H25N3O4S/c1-5-30-18-11-6-15(12-19(18)29-4)22-21-14(2)25-26(23(21)24-20(27)13-31-22)16-7-9-17(28-3)10-8-16/h6-12,22H,5,13H2,1-4H3,(H,24,27). The van der Waals surface area contributed by atoms with Crippen LogP contribution in [0.25, 0.3) is 5.69 Å². The number of benzene rings is 2. The van der Waals surface area contributed by atoms with Gasteiger partial charge in [0.05, 0.1) is 43.2 Å². The largest absolute Gasteiger partial charge is 0.497 e. The van der Waals surface area contributed by atoms with Crippen LogP contribution < -0.4 is 19.5 Å². The minimum Gasteiger partial charge on any atom is -0.497 e. The van der Waals surface area contributed by atoms with Gasteiger partial charge in [-0.1, -0.05) is 6.07 Å². The van der Waals surface area contributed by atoms with Gasteiger partial charge in [-0.05, 0) is 55.8 Å². The molecule has 1 N–H and O–H groups in total. The van der Waals surface area contributed by atoms with Crippen LogP contribution in [0.1, 0.15) is 29.0 Å². The molecule has 2 heterocycles. The maximum absolute atomic E-state index is 12.5. The van der Waals surface area contributed by atoms with Crippen LogP contribution in [0.4, 0.5) is 5.82 Å². The SMILES string of the molecule is CCOc1ccc(C2SCC(=O)Nc3c2c(C)nn3-c2ccc(OC)cc2)cc1OC. The summed E-state index contributed by atoms with van der Waals surface area (Å²) in [6.07, 6.45) is 0. The van der Waals surface area contributed by atoms with E-state index in [1.165, 1.54) is 0 Å². The monoisotopic (exact) mass is 439 g/mol. The van der Waals surface area contributed by atoms with Crippen molar-refractivity contribution in [2.24, 2.45) is 0 Å². The van der Waals surface area contributed by atoms with Gasteiger partial charge in [-0.3, -0.25) is 4.79 Å². The molecule has 1 aromatic heterocycles. The lowest BCUT2D eigenvalue weighted by atomic mass is 10.0. The molecule has 0 saturated carbocycles. The summed E-state index contributed by atoms with van der Waals surface area (Å²) in [6, 6.07) is 13.5. The maximum Gasteiger partial charge on any atom is 0.235 e. The number of methoxy groups -OCH3 is 2. The van der Waals surface area contributed by atoms with Gasteiger partial charge in [-0.2, -0.15) is 5.10 Å². The van der Waals surface area contributed by atoms with Gasteiger partial charge in [-0.25, -0.2) is 4.68 Å². The maximum atomic E-state index is 12.5. The van der Waals surface area contributed by atoms with Crippen molar-refractivity contribution in [1.29, 1.82) is 0 Å². The number of aryl methyl sites for hydroxylation is 1. The molecule has 31 heavy (non-hydrogen) atoms. The van der Waals surface area contributed by atoms with E-state index in [4.69, 9.17) is 19.3 Å². The number of hydrogen-bond acceptors (Lipinski definition) is 6. The fourth-order valence-electron chi connectivity index (χ4n) is 3.68. The molecule has 1 unspecified atom stereocenters. The molecule has 1 aliphatic heterocycles. The Labute approximate surface area is 185 Å². The van der Waals surface area contributed by atoms with E-state index in [1.54, 1.807) is 30.7 Å². The van der Waals surface area contributed by atoms with E-state index in [9.17, 15) is 4.79 Å². The zero-order chi connectivity index (χ0) is 22.0. The van der Waals surface area contributed by atoms with E-state index in [1.807, 2.05) is 56.3 Å². The van der Waals surface area contributed by atoms with Crippen LogP contribution in [0.2, 0.25) is 0 Å². The summed E-state index contributed by atoms with van der Waals surface area (Å²) in [5.41, 5.74) is 3.72. The molecule has 1 amide bonds. The van der Waals surface area contributed by atoms with E-state index in [0.29, 0.717) is 29.7 Å². The second-order valence-electron chi connectivity index (χ2n) is 7.04. The number of nitrogens with zero attached hydrogens (tertiary/aromatic N) is 2. The molecule has 7 nitrogen and oxygen atoms in total. The molecule has 1 aliphatic rings. The van der Waals surface area contributed by atoms with Crippen molar-refractivity contribution in [2.45, 2.75) is 19.1 Å². The van der Waals surface area contributed by atoms with Crippen LogP contribution in [0.5, 0.6) is 17.2 Å². The molecule has 162 valence electrons. The van der Waals surface area contributed by atoms with Crippen LogP contribution in [-0.4, -0.2) is 42.3 Å².